The second kappa shape index (κ2) is 5.32. The number of carboxylic acids is 1. The van der Waals surface area contributed by atoms with Gasteiger partial charge >= 0.3 is 5.97 Å². The molecular weight excluding hydrogens is 261 g/mol. The number of hydrogen-bond donors (Lipinski definition) is 2. The number of anilines is 1. The van der Waals surface area contributed by atoms with Crippen molar-refractivity contribution in [2.75, 3.05) is 5.73 Å². The molecule has 0 spiro atoms. The Morgan fingerprint density at radius 2 is 2.05 bits per heavy atom. The van der Waals surface area contributed by atoms with Gasteiger partial charge in [-0.25, -0.2) is 13.9 Å². The zero-order chi connectivity index (χ0) is 14.9. The Kier molecular flexibility index (Phi) is 3.74. The molecule has 0 atom stereocenters. The van der Waals surface area contributed by atoms with Gasteiger partial charge in [0, 0.05) is 11.4 Å². The van der Waals surface area contributed by atoms with Crippen LogP contribution in [0, 0.1) is 5.82 Å². The maximum Gasteiger partial charge on any atom is 0.337 e. The normalized spacial score (nSPS) is 10.8. The van der Waals surface area contributed by atoms with Crippen LogP contribution in [0.15, 0.2) is 18.2 Å². The van der Waals surface area contributed by atoms with Crippen molar-refractivity contribution in [2.45, 2.75) is 26.7 Å². The number of halogens is 1. The van der Waals surface area contributed by atoms with E-state index in [4.69, 9.17) is 10.8 Å². The first kappa shape index (κ1) is 14.0. The first-order chi connectivity index (χ1) is 9.47. The van der Waals surface area contributed by atoms with E-state index >= 15 is 0 Å². The summed E-state index contributed by atoms with van der Waals surface area (Å²) in [5.41, 5.74) is 7.05. The van der Waals surface area contributed by atoms with Crippen LogP contribution in [0.4, 0.5) is 10.1 Å². The molecule has 106 valence electrons. The van der Waals surface area contributed by atoms with Crippen LogP contribution in [0.5, 0.6) is 0 Å². The van der Waals surface area contributed by atoms with Crippen LogP contribution in [-0.4, -0.2) is 20.9 Å². The molecule has 0 aliphatic rings. The van der Waals surface area contributed by atoms with Crippen molar-refractivity contribution in [1.82, 2.24) is 9.78 Å². The average molecular weight is 277 g/mol. The lowest BCUT2D eigenvalue weighted by atomic mass is 10.1. The highest BCUT2D eigenvalue weighted by Crippen LogP contribution is 2.23. The molecule has 3 N–H and O–H groups in total. The van der Waals surface area contributed by atoms with Gasteiger partial charge in [-0.1, -0.05) is 13.8 Å². The molecule has 6 heteroatoms. The van der Waals surface area contributed by atoms with E-state index in [0.29, 0.717) is 6.42 Å². The third-order valence-electron chi connectivity index (χ3n) is 3.14. The summed E-state index contributed by atoms with van der Waals surface area (Å²) in [6, 6.07) is 4.13. The number of nitrogens with two attached hydrogens (primary N) is 1. The Hall–Kier alpha value is -2.37. The number of nitrogen functional groups attached to an aromatic ring is 1. The Balaban J connectivity index is 2.65. The molecule has 0 aliphatic heterocycles. The van der Waals surface area contributed by atoms with Gasteiger partial charge in [0.2, 0.25) is 0 Å². The van der Waals surface area contributed by atoms with Crippen LogP contribution in [0.1, 0.15) is 35.6 Å². The van der Waals surface area contributed by atoms with Crippen molar-refractivity contribution in [3.8, 4) is 5.69 Å². The number of aryl methyl sites for hydroxylation is 2. The summed E-state index contributed by atoms with van der Waals surface area (Å²) in [6.45, 7) is 3.88. The second-order valence-corrected chi connectivity index (χ2v) is 4.44. The van der Waals surface area contributed by atoms with Gasteiger partial charge in [0.25, 0.3) is 0 Å². The maximum atomic E-state index is 14.1. The fourth-order valence-electron chi connectivity index (χ4n) is 2.03. The smallest absolute Gasteiger partial charge is 0.337 e. The minimum absolute atomic E-state index is 0.0975. The van der Waals surface area contributed by atoms with E-state index in [9.17, 15) is 9.18 Å². The molecule has 0 saturated carbocycles. The molecule has 0 radical (unpaired) electrons. The van der Waals surface area contributed by atoms with E-state index in [1.807, 2.05) is 19.9 Å². The summed E-state index contributed by atoms with van der Waals surface area (Å²) in [5.74, 6) is -1.78. The van der Waals surface area contributed by atoms with Crippen LogP contribution < -0.4 is 5.73 Å². The molecule has 2 rings (SSSR count). The van der Waals surface area contributed by atoms with Crippen molar-refractivity contribution in [3.63, 3.8) is 0 Å². The minimum atomic E-state index is -1.19. The summed E-state index contributed by atoms with van der Waals surface area (Å²) in [5, 5.41) is 13.4. The fourth-order valence-corrected chi connectivity index (χ4v) is 2.03. The zero-order valence-corrected chi connectivity index (χ0v) is 11.4. The predicted octanol–water partition coefficient (Wildman–Crippen LogP) is 2.42. The number of rotatable bonds is 4. The monoisotopic (exact) mass is 277 g/mol. The highest BCUT2D eigenvalue weighted by Gasteiger charge is 2.17. The Labute approximate surface area is 115 Å². The van der Waals surface area contributed by atoms with Crippen molar-refractivity contribution < 1.29 is 14.3 Å². The van der Waals surface area contributed by atoms with Gasteiger partial charge in [-0.3, -0.25) is 0 Å². The predicted molar refractivity (Wildman–Crippen MR) is 73.6 cm³/mol. The van der Waals surface area contributed by atoms with Crippen LogP contribution in [0.2, 0.25) is 0 Å². The summed E-state index contributed by atoms with van der Waals surface area (Å²) in [6.07, 6.45) is 1.39. The molecular formula is C14H16FN3O2. The third-order valence-corrected chi connectivity index (χ3v) is 3.14. The van der Waals surface area contributed by atoms with Gasteiger partial charge in [0.1, 0.15) is 5.69 Å². The van der Waals surface area contributed by atoms with E-state index in [2.05, 4.69) is 5.10 Å². The molecule has 0 bridgehead atoms. The molecule has 0 aliphatic carbocycles. The molecule has 0 amide bonds. The van der Waals surface area contributed by atoms with Crippen molar-refractivity contribution in [2.24, 2.45) is 0 Å². The molecule has 0 unspecified atom stereocenters. The quantitative estimate of drug-likeness (QED) is 0.841. The van der Waals surface area contributed by atoms with Gasteiger partial charge in [0.05, 0.1) is 11.3 Å². The lowest BCUT2D eigenvalue weighted by Crippen LogP contribution is -2.09. The Morgan fingerprint density at radius 1 is 1.35 bits per heavy atom. The lowest BCUT2D eigenvalue weighted by molar-refractivity contribution is 0.0698. The number of carbonyl (C=O) groups is 1. The van der Waals surface area contributed by atoms with Crippen molar-refractivity contribution in [3.05, 3.63) is 41.0 Å². The second-order valence-electron chi connectivity index (χ2n) is 4.44. The average Bonchev–Trinajstić information content (AvgIpc) is 2.81. The SMILES string of the molecule is CCc1cc(CC)n(-c2cc(C(=O)O)c(N)cc2F)n1. The van der Waals surface area contributed by atoms with Gasteiger partial charge in [-0.05, 0) is 31.0 Å². The van der Waals surface area contributed by atoms with Crippen LogP contribution in [0.3, 0.4) is 0 Å². The summed E-state index contributed by atoms with van der Waals surface area (Å²) in [4.78, 5) is 11.1. The van der Waals surface area contributed by atoms with Crippen molar-refractivity contribution in [1.29, 1.82) is 0 Å². The largest absolute Gasteiger partial charge is 0.478 e. The Bertz CT molecular complexity index is 665. The van der Waals surface area contributed by atoms with Crippen LogP contribution in [0.25, 0.3) is 5.69 Å². The maximum absolute atomic E-state index is 14.1. The first-order valence-electron chi connectivity index (χ1n) is 6.38. The number of aromatic nitrogens is 2. The standard InChI is InChI=1S/C14H16FN3O2/c1-3-8-5-9(4-2)18(17-8)13-6-10(14(19)20)12(16)7-11(13)15/h5-7H,3-4,16H2,1-2H3,(H,19,20). The van der Waals surface area contributed by atoms with Crippen molar-refractivity contribution >= 4 is 11.7 Å². The summed E-state index contributed by atoms with van der Waals surface area (Å²) >= 11 is 0. The topological polar surface area (TPSA) is 81.1 Å². The highest BCUT2D eigenvalue weighted by atomic mass is 19.1. The zero-order valence-electron chi connectivity index (χ0n) is 11.4. The molecule has 0 saturated heterocycles. The number of aromatic carboxylic acids is 1. The van der Waals surface area contributed by atoms with E-state index < -0.39 is 11.8 Å². The molecule has 20 heavy (non-hydrogen) atoms. The van der Waals surface area contributed by atoms with Gasteiger partial charge < -0.3 is 10.8 Å². The van der Waals surface area contributed by atoms with Gasteiger partial charge in [0.15, 0.2) is 5.82 Å². The van der Waals surface area contributed by atoms with Crippen LogP contribution >= 0.6 is 0 Å². The lowest BCUT2D eigenvalue weighted by Gasteiger charge is -2.10. The number of nitrogens with zero attached hydrogens (tertiary/aromatic N) is 2. The molecule has 1 aromatic heterocycles. The van der Waals surface area contributed by atoms with E-state index in [1.165, 1.54) is 10.7 Å². The fraction of sp³-hybridized carbons (Fsp3) is 0.286. The van der Waals surface area contributed by atoms with E-state index in [-0.39, 0.29) is 16.9 Å². The molecule has 0 fully saturated rings. The minimum Gasteiger partial charge on any atom is -0.478 e. The number of hydrogen-bond acceptors (Lipinski definition) is 3. The summed E-state index contributed by atoms with van der Waals surface area (Å²) < 4.78 is 15.5. The Morgan fingerprint density at radius 3 is 2.60 bits per heavy atom. The molecule has 2 aromatic rings. The van der Waals surface area contributed by atoms with Gasteiger partial charge in [-0.15, -0.1) is 0 Å². The molecule has 1 heterocycles. The number of carboxylic acid groups (broad SMARTS) is 1. The van der Waals surface area contributed by atoms with Gasteiger partial charge in [-0.2, -0.15) is 5.10 Å². The molecule has 1 aromatic carbocycles. The third kappa shape index (κ3) is 2.36. The highest BCUT2D eigenvalue weighted by molar-refractivity contribution is 5.94. The number of benzene rings is 1. The first-order valence-corrected chi connectivity index (χ1v) is 6.38. The summed E-state index contributed by atoms with van der Waals surface area (Å²) in [7, 11) is 0. The molecule has 5 nitrogen and oxygen atoms in total. The van der Waals surface area contributed by atoms with E-state index in [1.54, 1.807) is 0 Å². The van der Waals surface area contributed by atoms with E-state index in [0.717, 1.165) is 23.9 Å². The van der Waals surface area contributed by atoms with Crippen LogP contribution in [-0.2, 0) is 12.8 Å².